The first-order valence-corrected chi connectivity index (χ1v) is 19.6. The van der Waals surface area contributed by atoms with Crippen molar-refractivity contribution in [1.82, 2.24) is 39.5 Å². The van der Waals surface area contributed by atoms with E-state index in [1.165, 1.54) is 23.0 Å². The molecule has 2 aliphatic heterocycles. The number of anilines is 3. The first-order chi connectivity index (χ1) is 28.4. The van der Waals surface area contributed by atoms with E-state index < -0.39 is 47.7 Å². The van der Waals surface area contributed by atoms with Crippen LogP contribution in [0.2, 0.25) is 0 Å². The highest BCUT2D eigenvalue weighted by molar-refractivity contribution is 6.25. The van der Waals surface area contributed by atoms with Crippen molar-refractivity contribution in [1.29, 1.82) is 0 Å². The summed E-state index contributed by atoms with van der Waals surface area (Å²) in [7, 11) is 2.08. The summed E-state index contributed by atoms with van der Waals surface area (Å²) in [6.45, 7) is 2.14. The van der Waals surface area contributed by atoms with E-state index in [-0.39, 0.29) is 52.7 Å². The molecule has 1 aliphatic carbocycles. The Hall–Kier alpha value is -6.56. The molecule has 0 bridgehead atoms. The number of hydrogen-bond acceptors (Lipinski definition) is 11. The van der Waals surface area contributed by atoms with Crippen LogP contribution in [0.25, 0.3) is 5.65 Å². The van der Waals surface area contributed by atoms with Crippen LogP contribution in [0.1, 0.15) is 98.9 Å². The van der Waals surface area contributed by atoms with Gasteiger partial charge in [-0.2, -0.15) is 10.2 Å². The molecule has 8 rings (SSSR count). The first-order valence-electron chi connectivity index (χ1n) is 19.6. The van der Waals surface area contributed by atoms with E-state index in [2.05, 4.69) is 67.3 Å². The molecule has 1 unspecified atom stereocenters. The van der Waals surface area contributed by atoms with Gasteiger partial charge in [0.15, 0.2) is 11.3 Å². The van der Waals surface area contributed by atoms with Crippen molar-refractivity contribution in [3.63, 3.8) is 0 Å². The molecule has 3 aromatic heterocycles. The summed E-state index contributed by atoms with van der Waals surface area (Å²) in [5.74, 6) is -2.16. The Labute approximate surface area is 337 Å². The number of piperidine rings is 1. The van der Waals surface area contributed by atoms with Gasteiger partial charge in [-0.1, -0.05) is 30.3 Å². The number of imide groups is 2. The average Bonchev–Trinajstić information content (AvgIpc) is 3.90. The third kappa shape index (κ3) is 8.12. The Balaban J connectivity index is 0.802. The summed E-state index contributed by atoms with van der Waals surface area (Å²) in [6, 6.07) is 13.8. The molecule has 1 saturated heterocycles. The molecule has 2 aromatic carbocycles. The summed E-state index contributed by atoms with van der Waals surface area (Å²) >= 11 is 0. The second-order valence-corrected chi connectivity index (χ2v) is 15.4. The van der Waals surface area contributed by atoms with Crippen molar-refractivity contribution in [2.45, 2.75) is 70.0 Å². The van der Waals surface area contributed by atoms with Gasteiger partial charge in [0.2, 0.25) is 11.8 Å². The van der Waals surface area contributed by atoms with E-state index in [4.69, 9.17) is 5.73 Å². The summed E-state index contributed by atoms with van der Waals surface area (Å²) < 4.78 is 31.1. The fourth-order valence-electron chi connectivity index (χ4n) is 8.31. The van der Waals surface area contributed by atoms with Crippen LogP contribution in [0.3, 0.4) is 0 Å². The Kier molecular flexibility index (Phi) is 10.9. The molecule has 0 spiro atoms. The van der Waals surface area contributed by atoms with Gasteiger partial charge >= 0.3 is 0 Å². The normalized spacial score (nSPS) is 19.5. The van der Waals surface area contributed by atoms with Gasteiger partial charge in [0, 0.05) is 44.1 Å². The Bertz CT molecular complexity index is 2440. The smallest absolute Gasteiger partial charge is 0.284 e. The van der Waals surface area contributed by atoms with E-state index in [0.717, 1.165) is 54.8 Å². The average molecular weight is 808 g/mol. The Morgan fingerprint density at radius 2 is 1.75 bits per heavy atom. The number of aromatic nitrogens is 5. The number of nitrogen functional groups attached to an aromatic ring is 1. The van der Waals surface area contributed by atoms with Crippen LogP contribution in [0, 0.1) is 5.92 Å². The molecule has 0 radical (unpaired) electrons. The number of hydrogen-bond donors (Lipinski definition) is 4. The molecule has 1 saturated carbocycles. The highest BCUT2D eigenvalue weighted by atomic mass is 19.3. The number of carbonyl (C=O) groups excluding carboxylic acids is 5. The van der Waals surface area contributed by atoms with Crippen molar-refractivity contribution in [2.24, 2.45) is 5.92 Å². The fourth-order valence-corrected chi connectivity index (χ4v) is 8.31. The predicted octanol–water partition coefficient (Wildman–Crippen LogP) is 4.62. The first kappa shape index (κ1) is 39.3. The minimum absolute atomic E-state index is 0.0500. The molecule has 1 atom stereocenters. The molecule has 5 N–H and O–H groups in total. The number of carbonyl (C=O) groups is 5. The quantitative estimate of drug-likeness (QED) is 0.121. The lowest BCUT2D eigenvalue weighted by Crippen LogP contribution is -2.54. The van der Waals surface area contributed by atoms with Crippen LogP contribution in [0.4, 0.5) is 26.0 Å². The van der Waals surface area contributed by atoms with Crippen LogP contribution in [0.15, 0.2) is 67.1 Å². The largest absolute Gasteiger partial charge is 0.384 e. The zero-order valence-corrected chi connectivity index (χ0v) is 32.2. The molecule has 5 aromatic rings. The lowest BCUT2D eigenvalue weighted by molar-refractivity contribution is -0.136. The van der Waals surface area contributed by atoms with Crippen molar-refractivity contribution >= 4 is 52.4 Å². The van der Waals surface area contributed by atoms with Crippen LogP contribution in [0.5, 0.6) is 0 Å². The maximum absolute atomic E-state index is 14.1. The molecule has 16 nitrogen and oxygen atoms in total. The van der Waals surface area contributed by atoms with Gasteiger partial charge in [-0.15, -0.1) is 0 Å². The van der Waals surface area contributed by atoms with E-state index in [9.17, 15) is 32.8 Å². The molecule has 306 valence electrons. The zero-order chi connectivity index (χ0) is 41.4. The number of nitrogens with two attached hydrogens (primary N) is 1. The van der Waals surface area contributed by atoms with Gasteiger partial charge in [-0.05, 0) is 80.8 Å². The molecular formula is C41H43F2N11O5. The lowest BCUT2D eigenvalue weighted by Gasteiger charge is -2.31. The summed E-state index contributed by atoms with van der Waals surface area (Å²) in [6.07, 6.45) is 5.65. The third-order valence-corrected chi connectivity index (χ3v) is 11.3. The van der Waals surface area contributed by atoms with Gasteiger partial charge in [0.05, 0.1) is 29.1 Å². The monoisotopic (exact) mass is 807 g/mol. The molecule has 18 heteroatoms. The molecule has 3 aliphatic rings. The maximum Gasteiger partial charge on any atom is 0.284 e. The number of alkyl halides is 2. The third-order valence-electron chi connectivity index (χ3n) is 11.3. The molecule has 2 fully saturated rings. The standard InChI is InChI=1S/C41H43F2N11O5/c1-51(21-25-9-11-26(12-10-25)53-22-30(35(50-53)36(42)43)47-38(56)28-19-46-52-18-16-32(44)48-37(28)52)20-24-7-5-23(6-8-24)15-17-45-29-4-2-3-27-34(29)41(59)54(40(27)58)31-13-14-33(55)49-39(31)57/h2-8,16,18-19,22,25-26,31,36,45H,9-15,17,20-21H2,1H3,(H2,44,48)(H,47,56)(H,49,55,57). The number of rotatable bonds is 13. The van der Waals surface area contributed by atoms with Crippen molar-refractivity contribution in [2.75, 3.05) is 36.5 Å². The summed E-state index contributed by atoms with van der Waals surface area (Å²) in [5, 5.41) is 16.4. The topological polar surface area (TPSA) is 202 Å². The minimum Gasteiger partial charge on any atom is -0.384 e. The van der Waals surface area contributed by atoms with Gasteiger partial charge in [0.25, 0.3) is 24.1 Å². The Morgan fingerprint density at radius 3 is 2.49 bits per heavy atom. The van der Waals surface area contributed by atoms with Gasteiger partial charge < -0.3 is 21.3 Å². The van der Waals surface area contributed by atoms with Crippen molar-refractivity contribution < 1.29 is 32.8 Å². The van der Waals surface area contributed by atoms with E-state index in [1.807, 2.05) is 0 Å². The molecule has 59 heavy (non-hydrogen) atoms. The number of nitrogens with one attached hydrogen (secondary N) is 3. The summed E-state index contributed by atoms with van der Waals surface area (Å²) in [5.41, 5.74) is 8.79. The summed E-state index contributed by atoms with van der Waals surface area (Å²) in [4.78, 5) is 71.1. The van der Waals surface area contributed by atoms with E-state index >= 15 is 0 Å². The highest BCUT2D eigenvalue weighted by Crippen LogP contribution is 2.36. The van der Waals surface area contributed by atoms with Crippen LogP contribution < -0.4 is 21.7 Å². The molecular weight excluding hydrogens is 765 g/mol. The number of amides is 5. The SMILES string of the molecule is CN(Cc1ccc(CCNc2cccc3c2C(=O)N(C2CCC(=O)NC2=O)C3=O)cc1)CC1CCC(n2cc(NC(=O)c3cnn4ccc(N)nc34)c(C(F)F)n2)CC1. The van der Waals surface area contributed by atoms with Crippen molar-refractivity contribution in [3.8, 4) is 0 Å². The predicted molar refractivity (Wildman–Crippen MR) is 212 cm³/mol. The number of halogens is 2. The van der Waals surface area contributed by atoms with Gasteiger partial charge in [-0.3, -0.25) is 38.9 Å². The highest BCUT2D eigenvalue weighted by Gasteiger charge is 2.45. The number of benzene rings is 2. The van der Waals surface area contributed by atoms with E-state index in [1.54, 1.807) is 29.1 Å². The second kappa shape index (κ2) is 16.4. The fraction of sp³-hybridized carbons (Fsp3) is 0.366. The number of fused-ring (bicyclic) bond motifs is 2. The van der Waals surface area contributed by atoms with Crippen LogP contribution >= 0.6 is 0 Å². The minimum atomic E-state index is -2.88. The van der Waals surface area contributed by atoms with Crippen LogP contribution in [-0.2, 0) is 22.6 Å². The van der Waals surface area contributed by atoms with Crippen LogP contribution in [-0.4, -0.2) is 89.9 Å². The Morgan fingerprint density at radius 1 is 0.983 bits per heavy atom. The molecule has 5 amide bonds. The van der Waals surface area contributed by atoms with E-state index in [0.29, 0.717) is 24.6 Å². The van der Waals surface area contributed by atoms with Gasteiger partial charge in [0.1, 0.15) is 17.4 Å². The lowest BCUT2D eigenvalue weighted by atomic mass is 9.85. The number of nitrogens with zero attached hydrogens (tertiary/aromatic N) is 7. The maximum atomic E-state index is 14.1. The zero-order valence-electron chi connectivity index (χ0n) is 32.2. The molecule has 5 heterocycles. The second-order valence-electron chi connectivity index (χ2n) is 15.4. The van der Waals surface area contributed by atoms with Crippen molar-refractivity contribution in [3.05, 3.63) is 101 Å². The van der Waals surface area contributed by atoms with Gasteiger partial charge in [-0.25, -0.2) is 18.3 Å².